The molecule has 3 heterocycles. The number of hydrogen-bond donors (Lipinski definition) is 0. The van der Waals surface area contributed by atoms with E-state index in [0.717, 1.165) is 48.0 Å². The van der Waals surface area contributed by atoms with Crippen LogP contribution in [0.15, 0.2) is 30.6 Å². The standard InChI is InChI=1S/C14H14N6/c1-10-14(18-12-5-3-2-4-11(12)17-10)19-6-7-20-13(8-19)15-9-16-20/h2-5,9H,6-8H2,1H3. The maximum Gasteiger partial charge on any atom is 0.151 e. The van der Waals surface area contributed by atoms with Gasteiger partial charge in [0.05, 0.1) is 29.8 Å². The van der Waals surface area contributed by atoms with Crippen molar-refractivity contribution in [2.24, 2.45) is 0 Å². The van der Waals surface area contributed by atoms with Crippen LogP contribution in [0, 0.1) is 6.92 Å². The largest absolute Gasteiger partial charge is 0.346 e. The van der Waals surface area contributed by atoms with E-state index in [4.69, 9.17) is 4.98 Å². The summed E-state index contributed by atoms with van der Waals surface area (Å²) in [4.78, 5) is 15.9. The minimum absolute atomic E-state index is 0.730. The Morgan fingerprint density at radius 3 is 2.70 bits per heavy atom. The van der Waals surface area contributed by atoms with Gasteiger partial charge in [-0.1, -0.05) is 12.1 Å². The average Bonchev–Trinajstić information content (AvgIpc) is 2.94. The molecule has 0 amide bonds. The highest BCUT2D eigenvalue weighted by Crippen LogP contribution is 2.23. The summed E-state index contributed by atoms with van der Waals surface area (Å²) in [7, 11) is 0. The van der Waals surface area contributed by atoms with E-state index in [0.29, 0.717) is 0 Å². The lowest BCUT2D eigenvalue weighted by atomic mass is 10.2. The third kappa shape index (κ3) is 1.72. The fraction of sp³-hybridized carbons (Fsp3) is 0.286. The molecule has 0 N–H and O–H groups in total. The molecule has 1 aromatic carbocycles. The lowest BCUT2D eigenvalue weighted by Gasteiger charge is -2.28. The number of anilines is 1. The van der Waals surface area contributed by atoms with Crippen LogP contribution in [0.3, 0.4) is 0 Å². The molecule has 20 heavy (non-hydrogen) atoms. The van der Waals surface area contributed by atoms with Crippen molar-refractivity contribution in [2.75, 3.05) is 11.4 Å². The quantitative estimate of drug-likeness (QED) is 0.669. The third-order valence-corrected chi connectivity index (χ3v) is 3.63. The second-order valence-corrected chi connectivity index (χ2v) is 4.94. The van der Waals surface area contributed by atoms with Gasteiger partial charge in [0.25, 0.3) is 0 Å². The van der Waals surface area contributed by atoms with Crippen LogP contribution in [0.2, 0.25) is 0 Å². The molecule has 3 aromatic rings. The molecule has 100 valence electrons. The van der Waals surface area contributed by atoms with Crippen LogP contribution in [0.1, 0.15) is 11.5 Å². The topological polar surface area (TPSA) is 59.7 Å². The average molecular weight is 266 g/mol. The molecule has 0 fully saturated rings. The molecule has 0 saturated carbocycles. The lowest BCUT2D eigenvalue weighted by molar-refractivity contribution is 0.509. The van der Waals surface area contributed by atoms with E-state index < -0.39 is 0 Å². The Kier molecular flexibility index (Phi) is 2.42. The van der Waals surface area contributed by atoms with E-state index in [1.165, 1.54) is 0 Å². The number of benzene rings is 1. The van der Waals surface area contributed by atoms with Crippen LogP contribution < -0.4 is 4.90 Å². The number of nitrogens with zero attached hydrogens (tertiary/aromatic N) is 6. The van der Waals surface area contributed by atoms with Gasteiger partial charge in [-0.3, -0.25) is 0 Å². The molecule has 1 aliphatic heterocycles. The van der Waals surface area contributed by atoms with E-state index in [2.05, 4.69) is 20.0 Å². The van der Waals surface area contributed by atoms with E-state index in [9.17, 15) is 0 Å². The molecule has 6 heteroatoms. The van der Waals surface area contributed by atoms with Gasteiger partial charge in [-0.05, 0) is 19.1 Å². The fourth-order valence-electron chi connectivity index (χ4n) is 2.62. The molecular formula is C14H14N6. The smallest absolute Gasteiger partial charge is 0.151 e. The fourth-order valence-corrected chi connectivity index (χ4v) is 2.62. The van der Waals surface area contributed by atoms with Gasteiger partial charge in [-0.25, -0.2) is 19.6 Å². The molecule has 2 aromatic heterocycles. The van der Waals surface area contributed by atoms with E-state index in [-0.39, 0.29) is 0 Å². The Bertz CT molecular complexity index is 778. The van der Waals surface area contributed by atoms with E-state index in [1.807, 2.05) is 35.9 Å². The normalized spacial score (nSPS) is 14.6. The van der Waals surface area contributed by atoms with Crippen LogP contribution in [-0.2, 0) is 13.1 Å². The van der Waals surface area contributed by atoms with Crippen molar-refractivity contribution in [2.45, 2.75) is 20.0 Å². The lowest BCUT2D eigenvalue weighted by Crippen LogP contribution is -2.35. The van der Waals surface area contributed by atoms with Crippen LogP contribution in [0.4, 0.5) is 5.82 Å². The van der Waals surface area contributed by atoms with Crippen LogP contribution >= 0.6 is 0 Å². The maximum absolute atomic E-state index is 4.76. The first-order chi connectivity index (χ1) is 9.81. The van der Waals surface area contributed by atoms with Gasteiger partial charge in [-0.2, -0.15) is 5.10 Å². The minimum Gasteiger partial charge on any atom is -0.346 e. The van der Waals surface area contributed by atoms with Crippen molar-refractivity contribution in [3.63, 3.8) is 0 Å². The first kappa shape index (κ1) is 11.3. The second kappa shape index (κ2) is 4.26. The van der Waals surface area contributed by atoms with Crippen molar-refractivity contribution >= 4 is 16.9 Å². The van der Waals surface area contributed by atoms with Gasteiger partial charge >= 0.3 is 0 Å². The van der Waals surface area contributed by atoms with Gasteiger partial charge in [0.1, 0.15) is 12.2 Å². The van der Waals surface area contributed by atoms with Crippen molar-refractivity contribution in [3.05, 3.63) is 42.1 Å². The molecule has 0 unspecified atom stereocenters. The predicted octanol–water partition coefficient (Wildman–Crippen LogP) is 1.55. The summed E-state index contributed by atoms with van der Waals surface area (Å²) in [5.41, 5.74) is 2.82. The number of hydrogen-bond acceptors (Lipinski definition) is 5. The molecule has 0 aliphatic carbocycles. The van der Waals surface area contributed by atoms with Gasteiger partial charge in [0.15, 0.2) is 5.82 Å². The highest BCUT2D eigenvalue weighted by molar-refractivity contribution is 5.76. The highest BCUT2D eigenvalue weighted by atomic mass is 15.4. The molecule has 0 radical (unpaired) electrons. The molecule has 0 bridgehead atoms. The van der Waals surface area contributed by atoms with Crippen LogP contribution in [0.5, 0.6) is 0 Å². The van der Waals surface area contributed by atoms with Crippen LogP contribution in [0.25, 0.3) is 11.0 Å². The summed E-state index contributed by atoms with van der Waals surface area (Å²) in [5.74, 6) is 1.92. The van der Waals surface area contributed by atoms with Gasteiger partial charge in [-0.15, -0.1) is 0 Å². The summed E-state index contributed by atoms with van der Waals surface area (Å²) < 4.78 is 1.94. The number of aromatic nitrogens is 5. The Morgan fingerprint density at radius 1 is 1.05 bits per heavy atom. The Morgan fingerprint density at radius 2 is 1.85 bits per heavy atom. The Balaban J connectivity index is 1.77. The number of aryl methyl sites for hydroxylation is 1. The summed E-state index contributed by atoms with van der Waals surface area (Å²) in [5, 5.41) is 4.20. The first-order valence-corrected chi connectivity index (χ1v) is 6.66. The van der Waals surface area contributed by atoms with Crippen molar-refractivity contribution in [3.8, 4) is 0 Å². The second-order valence-electron chi connectivity index (χ2n) is 4.94. The number of fused-ring (bicyclic) bond motifs is 2. The number of para-hydroxylation sites is 2. The molecule has 4 rings (SSSR count). The van der Waals surface area contributed by atoms with Gasteiger partial charge in [0, 0.05) is 6.54 Å². The summed E-state index contributed by atoms with van der Waals surface area (Å²) >= 11 is 0. The maximum atomic E-state index is 4.76. The zero-order chi connectivity index (χ0) is 13.5. The van der Waals surface area contributed by atoms with Crippen LogP contribution in [-0.4, -0.2) is 31.3 Å². The zero-order valence-electron chi connectivity index (χ0n) is 11.2. The van der Waals surface area contributed by atoms with Crippen molar-refractivity contribution in [1.29, 1.82) is 0 Å². The monoisotopic (exact) mass is 266 g/mol. The Labute approximate surface area is 116 Å². The minimum atomic E-state index is 0.730. The number of rotatable bonds is 1. The van der Waals surface area contributed by atoms with Gasteiger partial charge in [0.2, 0.25) is 0 Å². The molecule has 0 spiro atoms. The SMILES string of the molecule is Cc1nc2ccccc2nc1N1CCn2ncnc2C1. The summed E-state index contributed by atoms with van der Waals surface area (Å²) in [6.45, 7) is 4.45. The van der Waals surface area contributed by atoms with E-state index >= 15 is 0 Å². The zero-order valence-corrected chi connectivity index (χ0v) is 11.2. The Hall–Kier alpha value is -2.50. The molecule has 1 aliphatic rings. The summed E-state index contributed by atoms with van der Waals surface area (Å²) in [6, 6.07) is 7.96. The molecule has 0 atom stereocenters. The predicted molar refractivity (Wildman–Crippen MR) is 75.3 cm³/mol. The summed E-state index contributed by atoms with van der Waals surface area (Å²) in [6.07, 6.45) is 1.61. The van der Waals surface area contributed by atoms with Gasteiger partial charge < -0.3 is 4.90 Å². The first-order valence-electron chi connectivity index (χ1n) is 6.66. The van der Waals surface area contributed by atoms with Crippen molar-refractivity contribution in [1.82, 2.24) is 24.7 Å². The molecular weight excluding hydrogens is 252 g/mol. The highest BCUT2D eigenvalue weighted by Gasteiger charge is 2.21. The van der Waals surface area contributed by atoms with Crippen molar-refractivity contribution < 1.29 is 0 Å². The molecule has 6 nitrogen and oxygen atoms in total. The third-order valence-electron chi connectivity index (χ3n) is 3.63. The molecule has 0 saturated heterocycles. The van der Waals surface area contributed by atoms with E-state index in [1.54, 1.807) is 6.33 Å².